The molecular formula is C24H29NO3. The van der Waals surface area contributed by atoms with E-state index < -0.39 is 6.04 Å². The van der Waals surface area contributed by atoms with Crippen molar-refractivity contribution in [3.63, 3.8) is 0 Å². The summed E-state index contributed by atoms with van der Waals surface area (Å²) in [5.41, 5.74) is 2.54. The van der Waals surface area contributed by atoms with Crippen LogP contribution in [0.25, 0.3) is 6.08 Å². The van der Waals surface area contributed by atoms with Crippen LogP contribution in [0.1, 0.15) is 54.6 Å². The fraction of sp³-hybridized carbons (Fsp3) is 0.333. The highest BCUT2D eigenvalue weighted by atomic mass is 16.5. The number of amides is 1. The Kier molecular flexibility index (Phi) is 8.99. The molecule has 1 N–H and O–H groups in total. The fourth-order valence-corrected chi connectivity index (χ4v) is 2.85. The number of hydrogen-bond acceptors (Lipinski definition) is 3. The molecule has 0 aromatic heterocycles. The molecule has 0 spiro atoms. The van der Waals surface area contributed by atoms with E-state index in [4.69, 9.17) is 4.74 Å². The van der Waals surface area contributed by atoms with Gasteiger partial charge in [0.2, 0.25) is 0 Å². The average Bonchev–Trinajstić information content (AvgIpc) is 2.73. The molecule has 0 aliphatic heterocycles. The minimum atomic E-state index is -0.604. The first kappa shape index (κ1) is 21.4. The minimum absolute atomic E-state index is 0.300. The van der Waals surface area contributed by atoms with Gasteiger partial charge in [-0.25, -0.2) is 0 Å². The Labute approximate surface area is 167 Å². The van der Waals surface area contributed by atoms with Crippen molar-refractivity contribution >= 4 is 18.3 Å². The fourth-order valence-electron chi connectivity index (χ4n) is 2.85. The number of ether oxygens (including phenoxy) is 1. The van der Waals surface area contributed by atoms with Crippen molar-refractivity contribution in [1.82, 2.24) is 5.32 Å². The predicted molar refractivity (Wildman–Crippen MR) is 114 cm³/mol. The molecule has 4 nitrogen and oxygen atoms in total. The SMILES string of the molecule is CC/C=C\c1ccccc1C[C@@H](C=O)NC(=O)c1ccccc1OCCCC. The zero-order valence-electron chi connectivity index (χ0n) is 16.7. The Bertz CT molecular complexity index is 798. The average molecular weight is 380 g/mol. The lowest BCUT2D eigenvalue weighted by Crippen LogP contribution is -2.38. The largest absolute Gasteiger partial charge is 0.493 e. The highest BCUT2D eigenvalue weighted by Gasteiger charge is 2.17. The van der Waals surface area contributed by atoms with Crippen molar-refractivity contribution in [3.05, 3.63) is 71.3 Å². The van der Waals surface area contributed by atoms with E-state index >= 15 is 0 Å². The molecular weight excluding hydrogens is 350 g/mol. The van der Waals surface area contributed by atoms with Crippen molar-refractivity contribution in [2.24, 2.45) is 0 Å². The second-order valence-electron chi connectivity index (χ2n) is 6.63. The molecule has 1 atom stereocenters. The summed E-state index contributed by atoms with van der Waals surface area (Å²) in [7, 11) is 0. The lowest BCUT2D eigenvalue weighted by Gasteiger charge is -2.16. The molecule has 148 valence electrons. The van der Waals surface area contributed by atoms with Gasteiger partial charge in [-0.05, 0) is 36.1 Å². The molecule has 0 aliphatic carbocycles. The van der Waals surface area contributed by atoms with E-state index in [2.05, 4.69) is 31.3 Å². The van der Waals surface area contributed by atoms with Crippen molar-refractivity contribution in [1.29, 1.82) is 0 Å². The predicted octanol–water partition coefficient (Wildman–Crippen LogP) is 4.83. The molecule has 0 saturated carbocycles. The Balaban J connectivity index is 2.11. The first-order chi connectivity index (χ1) is 13.7. The van der Waals surface area contributed by atoms with Crippen LogP contribution in [0, 0.1) is 0 Å². The standard InChI is InChI=1S/C24H29NO3/c1-3-5-11-19-12-7-8-13-20(19)17-21(18-26)25-24(27)22-14-9-10-15-23(22)28-16-6-4-2/h5,7-15,18,21H,3-4,6,16-17H2,1-2H3,(H,25,27)/b11-5-/t21-/m0/s1. The Morgan fingerprint density at radius 3 is 2.61 bits per heavy atom. The van der Waals surface area contributed by atoms with Gasteiger partial charge < -0.3 is 14.8 Å². The van der Waals surface area contributed by atoms with Gasteiger partial charge in [0.1, 0.15) is 12.0 Å². The van der Waals surface area contributed by atoms with Crippen molar-refractivity contribution in [2.45, 2.75) is 45.6 Å². The second-order valence-corrected chi connectivity index (χ2v) is 6.63. The van der Waals surface area contributed by atoms with E-state index in [1.165, 1.54) is 0 Å². The van der Waals surface area contributed by atoms with Gasteiger partial charge >= 0.3 is 0 Å². The van der Waals surface area contributed by atoms with Crippen molar-refractivity contribution in [3.8, 4) is 5.75 Å². The Morgan fingerprint density at radius 2 is 1.86 bits per heavy atom. The summed E-state index contributed by atoms with van der Waals surface area (Å²) in [6.07, 6.45) is 8.25. The zero-order valence-corrected chi connectivity index (χ0v) is 16.7. The quantitative estimate of drug-likeness (QED) is 0.449. The number of hydrogen-bond donors (Lipinski definition) is 1. The van der Waals surface area contributed by atoms with Crippen LogP contribution in [0.15, 0.2) is 54.6 Å². The first-order valence-electron chi connectivity index (χ1n) is 9.92. The van der Waals surface area contributed by atoms with Crippen LogP contribution >= 0.6 is 0 Å². The molecule has 2 rings (SSSR count). The topological polar surface area (TPSA) is 55.4 Å². The summed E-state index contributed by atoms with van der Waals surface area (Å²) in [5.74, 6) is 0.246. The lowest BCUT2D eigenvalue weighted by atomic mass is 10.00. The number of nitrogens with one attached hydrogen (secondary N) is 1. The number of carbonyl (C=O) groups is 2. The van der Waals surface area contributed by atoms with Gasteiger partial charge in [-0.2, -0.15) is 0 Å². The maximum atomic E-state index is 12.8. The molecule has 0 bridgehead atoms. The number of unbranched alkanes of at least 4 members (excludes halogenated alkanes) is 1. The number of benzene rings is 2. The molecule has 0 saturated heterocycles. The van der Waals surface area contributed by atoms with Crippen LogP contribution in [0.5, 0.6) is 5.75 Å². The lowest BCUT2D eigenvalue weighted by molar-refractivity contribution is -0.109. The summed E-state index contributed by atoms with van der Waals surface area (Å²) in [6.45, 7) is 4.73. The summed E-state index contributed by atoms with van der Waals surface area (Å²) in [5, 5.41) is 2.83. The van der Waals surface area contributed by atoms with Gasteiger partial charge in [0.15, 0.2) is 0 Å². The highest BCUT2D eigenvalue weighted by Crippen LogP contribution is 2.19. The number of para-hydroxylation sites is 1. The third-order valence-electron chi connectivity index (χ3n) is 4.40. The Hall–Kier alpha value is -2.88. The van der Waals surface area contributed by atoms with Gasteiger partial charge in [-0.3, -0.25) is 4.79 Å². The van der Waals surface area contributed by atoms with Gasteiger partial charge in [-0.1, -0.05) is 68.8 Å². The molecule has 0 fully saturated rings. The van der Waals surface area contributed by atoms with E-state index in [-0.39, 0.29) is 5.91 Å². The minimum Gasteiger partial charge on any atom is -0.493 e. The summed E-state index contributed by atoms with van der Waals surface area (Å²) in [6, 6.07) is 14.4. The van der Waals surface area contributed by atoms with Crippen LogP contribution in [-0.4, -0.2) is 24.8 Å². The van der Waals surface area contributed by atoms with Crippen molar-refractivity contribution in [2.75, 3.05) is 6.61 Å². The van der Waals surface area contributed by atoms with Gasteiger partial charge in [0.05, 0.1) is 18.2 Å². The van der Waals surface area contributed by atoms with E-state index in [0.717, 1.165) is 36.7 Å². The molecule has 1 amide bonds. The molecule has 0 unspecified atom stereocenters. The van der Waals surface area contributed by atoms with Crippen LogP contribution in [-0.2, 0) is 11.2 Å². The zero-order chi connectivity index (χ0) is 20.2. The van der Waals surface area contributed by atoms with E-state index in [1.807, 2.05) is 30.3 Å². The second kappa shape index (κ2) is 11.8. The third kappa shape index (κ3) is 6.38. The maximum Gasteiger partial charge on any atom is 0.255 e. The number of allylic oxidation sites excluding steroid dienone is 1. The first-order valence-corrected chi connectivity index (χ1v) is 9.92. The number of carbonyl (C=O) groups excluding carboxylic acids is 2. The highest BCUT2D eigenvalue weighted by molar-refractivity contribution is 5.98. The summed E-state index contributed by atoms with van der Waals surface area (Å²) < 4.78 is 5.74. The van der Waals surface area contributed by atoms with Gasteiger partial charge in [0.25, 0.3) is 5.91 Å². The van der Waals surface area contributed by atoms with Gasteiger partial charge in [0, 0.05) is 6.42 Å². The van der Waals surface area contributed by atoms with Crippen LogP contribution in [0.3, 0.4) is 0 Å². The normalized spacial score (nSPS) is 11.9. The van der Waals surface area contributed by atoms with Crippen molar-refractivity contribution < 1.29 is 14.3 Å². The van der Waals surface area contributed by atoms with Crippen LogP contribution < -0.4 is 10.1 Å². The molecule has 28 heavy (non-hydrogen) atoms. The third-order valence-corrected chi connectivity index (χ3v) is 4.40. The summed E-state index contributed by atoms with van der Waals surface area (Å²) in [4.78, 5) is 24.4. The summed E-state index contributed by atoms with van der Waals surface area (Å²) >= 11 is 0. The van der Waals surface area contributed by atoms with E-state index in [0.29, 0.717) is 24.3 Å². The van der Waals surface area contributed by atoms with Gasteiger partial charge in [-0.15, -0.1) is 0 Å². The number of rotatable bonds is 11. The Morgan fingerprint density at radius 1 is 1.11 bits per heavy atom. The van der Waals surface area contributed by atoms with Crippen LogP contribution in [0.2, 0.25) is 0 Å². The van der Waals surface area contributed by atoms with E-state index in [9.17, 15) is 9.59 Å². The molecule has 2 aromatic carbocycles. The molecule has 0 heterocycles. The van der Waals surface area contributed by atoms with E-state index in [1.54, 1.807) is 18.2 Å². The van der Waals surface area contributed by atoms with Crippen LogP contribution in [0.4, 0.5) is 0 Å². The number of aldehydes is 1. The molecule has 4 heteroatoms. The smallest absolute Gasteiger partial charge is 0.255 e. The molecule has 0 radical (unpaired) electrons. The maximum absolute atomic E-state index is 12.8. The monoisotopic (exact) mass is 379 g/mol. The molecule has 2 aromatic rings. The molecule has 0 aliphatic rings.